The van der Waals surface area contributed by atoms with Crippen molar-refractivity contribution in [3.63, 3.8) is 0 Å². The van der Waals surface area contributed by atoms with Crippen LogP contribution in [-0.2, 0) is 4.79 Å². The quantitative estimate of drug-likeness (QED) is 0.504. The largest absolute Gasteiger partial charge is 0.477 e. The molecule has 0 saturated heterocycles. The predicted molar refractivity (Wildman–Crippen MR) is 93.7 cm³/mol. The zero-order chi connectivity index (χ0) is 17.4. The van der Waals surface area contributed by atoms with Crippen molar-refractivity contribution >= 4 is 29.0 Å². The molecule has 5 N–H and O–H groups in total. The van der Waals surface area contributed by atoms with Gasteiger partial charge in [-0.05, 0) is 42.0 Å². The van der Waals surface area contributed by atoms with E-state index in [4.69, 9.17) is 27.9 Å². The number of hydrogen-bond acceptors (Lipinski definition) is 4. The number of carboxylic acids is 1. The second-order valence-corrected chi connectivity index (χ2v) is 6.45. The smallest absolute Gasteiger partial charge is 0.354 e. The molecule has 1 aliphatic rings. The van der Waals surface area contributed by atoms with Gasteiger partial charge >= 0.3 is 5.97 Å². The Kier molecular flexibility index (Phi) is 4.30. The van der Waals surface area contributed by atoms with Crippen LogP contribution in [0, 0.1) is 5.41 Å². The van der Waals surface area contributed by atoms with Crippen LogP contribution in [0.2, 0.25) is 5.02 Å². The number of nitrogen functional groups attached to an aromatic ring is 1. The molecule has 1 saturated carbocycles. The van der Waals surface area contributed by atoms with Gasteiger partial charge in [-0.3, -0.25) is 5.41 Å². The molecular weight excluding hydrogens is 328 g/mol. The minimum absolute atomic E-state index is 0.146. The van der Waals surface area contributed by atoms with Crippen LogP contribution >= 0.6 is 11.6 Å². The highest BCUT2D eigenvalue weighted by Gasteiger charge is 2.28. The lowest BCUT2D eigenvalue weighted by molar-refractivity contribution is -0.129. The third-order valence-corrected chi connectivity index (χ3v) is 4.74. The summed E-state index contributed by atoms with van der Waals surface area (Å²) in [6.07, 6.45) is 1.36. The summed E-state index contributed by atoms with van der Waals surface area (Å²) in [6, 6.07) is 10.8. The Labute approximate surface area is 144 Å². The minimum atomic E-state index is -1.34. The molecule has 24 heavy (non-hydrogen) atoms. The zero-order valence-electron chi connectivity index (χ0n) is 12.8. The van der Waals surface area contributed by atoms with Crippen LogP contribution in [0.3, 0.4) is 0 Å². The number of aliphatic carboxylic acids is 1. The summed E-state index contributed by atoms with van der Waals surface area (Å²) in [5.74, 6) is -0.958. The Hall–Kier alpha value is -2.37. The van der Waals surface area contributed by atoms with Gasteiger partial charge in [0, 0.05) is 16.8 Å². The van der Waals surface area contributed by atoms with Gasteiger partial charge in [0.2, 0.25) is 0 Å². The molecule has 0 unspecified atom stereocenters. The molecular formula is C18H17ClN2O3. The molecule has 124 valence electrons. The lowest BCUT2D eigenvalue weighted by Gasteiger charge is -2.31. The molecule has 2 aromatic rings. The fraction of sp³-hybridized carbons (Fsp3) is 0.222. The predicted octanol–water partition coefficient (Wildman–Crippen LogP) is 3.28. The highest BCUT2D eigenvalue weighted by Crippen LogP contribution is 2.38. The van der Waals surface area contributed by atoms with E-state index in [1.165, 1.54) is 12.1 Å². The summed E-state index contributed by atoms with van der Waals surface area (Å²) in [4.78, 5) is 11.0. The zero-order valence-corrected chi connectivity index (χ0v) is 13.5. The summed E-state index contributed by atoms with van der Waals surface area (Å²) >= 11 is 6.25. The fourth-order valence-electron chi connectivity index (χ4n) is 2.94. The van der Waals surface area contributed by atoms with Crippen LogP contribution in [0.4, 0.5) is 5.69 Å². The summed E-state index contributed by atoms with van der Waals surface area (Å²) in [5.41, 5.74) is 8.16. The van der Waals surface area contributed by atoms with E-state index in [-0.39, 0.29) is 17.4 Å². The van der Waals surface area contributed by atoms with Crippen molar-refractivity contribution < 1.29 is 15.0 Å². The molecule has 2 aromatic carbocycles. The Balaban J connectivity index is 1.95. The first kappa shape index (κ1) is 16.5. The fourth-order valence-corrected chi connectivity index (χ4v) is 3.22. The van der Waals surface area contributed by atoms with Gasteiger partial charge in [-0.15, -0.1) is 0 Å². The first-order chi connectivity index (χ1) is 11.4. The normalized spacial score (nSPS) is 19.6. The Morgan fingerprint density at radius 2 is 1.83 bits per heavy atom. The Morgan fingerprint density at radius 3 is 2.38 bits per heavy atom. The molecule has 0 radical (unpaired) electrons. The van der Waals surface area contributed by atoms with E-state index in [1.807, 2.05) is 24.3 Å². The van der Waals surface area contributed by atoms with Crippen molar-refractivity contribution in [1.82, 2.24) is 0 Å². The van der Waals surface area contributed by atoms with Crippen molar-refractivity contribution in [3.8, 4) is 11.1 Å². The van der Waals surface area contributed by atoms with E-state index in [2.05, 4.69) is 0 Å². The maximum Gasteiger partial charge on any atom is 0.354 e. The van der Waals surface area contributed by atoms with E-state index in [0.717, 1.165) is 24.0 Å². The van der Waals surface area contributed by atoms with Gasteiger partial charge in [0.15, 0.2) is 0 Å². The number of rotatable bonds is 4. The van der Waals surface area contributed by atoms with Crippen molar-refractivity contribution in [3.05, 3.63) is 52.5 Å². The summed E-state index contributed by atoms with van der Waals surface area (Å²) < 4.78 is 0. The molecule has 3 rings (SSSR count). The third-order valence-electron chi connectivity index (χ3n) is 4.43. The lowest BCUT2D eigenvalue weighted by atomic mass is 9.77. The molecule has 0 bridgehead atoms. The summed E-state index contributed by atoms with van der Waals surface area (Å²) in [5, 5.41) is 26.5. The first-order valence-corrected chi connectivity index (χ1v) is 7.94. The molecule has 0 aromatic heterocycles. The Morgan fingerprint density at radius 1 is 1.21 bits per heavy atom. The van der Waals surface area contributed by atoms with E-state index in [9.17, 15) is 9.90 Å². The number of nitrogens with two attached hydrogens (primary N) is 1. The van der Waals surface area contributed by atoms with Crippen molar-refractivity contribution in [2.75, 3.05) is 5.73 Å². The van der Waals surface area contributed by atoms with Gasteiger partial charge < -0.3 is 15.9 Å². The maximum atomic E-state index is 11.0. The number of nitrogens with one attached hydrogen (secondary N) is 1. The van der Waals surface area contributed by atoms with Crippen molar-refractivity contribution in [2.24, 2.45) is 0 Å². The van der Waals surface area contributed by atoms with Crippen LogP contribution in [0.5, 0.6) is 0 Å². The van der Waals surface area contributed by atoms with Crippen LogP contribution in [0.1, 0.15) is 29.9 Å². The van der Waals surface area contributed by atoms with E-state index in [1.54, 1.807) is 0 Å². The van der Waals surface area contributed by atoms with E-state index >= 15 is 0 Å². The maximum absolute atomic E-state index is 11.0. The number of carbonyl (C=O) groups is 1. The van der Waals surface area contributed by atoms with E-state index in [0.29, 0.717) is 16.5 Å². The highest BCUT2D eigenvalue weighted by atomic mass is 35.5. The highest BCUT2D eigenvalue weighted by molar-refractivity contribution is 6.43. The average Bonchev–Trinajstić information content (AvgIpc) is 2.52. The number of aliphatic hydroxyl groups is 1. The number of anilines is 1. The second-order valence-electron chi connectivity index (χ2n) is 6.04. The molecule has 5 nitrogen and oxygen atoms in total. The number of benzene rings is 2. The number of carboxylic acid groups (broad SMARTS) is 1. The topological polar surface area (TPSA) is 107 Å². The minimum Gasteiger partial charge on any atom is -0.477 e. The van der Waals surface area contributed by atoms with Crippen LogP contribution in [-0.4, -0.2) is 28.0 Å². The summed E-state index contributed by atoms with van der Waals surface area (Å²) in [6.45, 7) is 0. The van der Waals surface area contributed by atoms with Gasteiger partial charge in [-0.2, -0.15) is 0 Å². The number of halogens is 1. The second kappa shape index (κ2) is 6.26. The van der Waals surface area contributed by atoms with Gasteiger partial charge in [-0.1, -0.05) is 35.9 Å². The molecule has 0 amide bonds. The lowest BCUT2D eigenvalue weighted by Crippen LogP contribution is -2.26. The molecule has 0 spiro atoms. The third kappa shape index (κ3) is 3.00. The standard InChI is InChI=1S/C18H17ClN2O3/c19-15-8-16(20)14(17(21)18(23)24)7-13(15)10-3-1-9(2-4-10)11-5-12(22)6-11/h1-4,7-8,11-12,21-22H,5-6,20H2,(H,23,24)/t11-,12+. The first-order valence-electron chi connectivity index (χ1n) is 7.56. The van der Waals surface area contributed by atoms with Gasteiger partial charge in [-0.25, -0.2) is 4.79 Å². The van der Waals surface area contributed by atoms with Crippen molar-refractivity contribution in [2.45, 2.75) is 24.9 Å². The van der Waals surface area contributed by atoms with Crippen molar-refractivity contribution in [1.29, 1.82) is 5.41 Å². The number of aliphatic hydroxyl groups excluding tert-OH is 1. The molecule has 0 atom stereocenters. The van der Waals surface area contributed by atoms with Gasteiger partial charge in [0.05, 0.1) is 11.1 Å². The summed E-state index contributed by atoms with van der Waals surface area (Å²) in [7, 11) is 0. The molecule has 6 heteroatoms. The van der Waals surface area contributed by atoms with Gasteiger partial charge in [0.1, 0.15) is 5.71 Å². The average molecular weight is 345 g/mol. The molecule has 0 heterocycles. The SMILES string of the molecule is N=C(C(=O)O)c1cc(-c2ccc([C@H]3C[C@@H](O)C3)cc2)c(Cl)cc1N. The van der Waals surface area contributed by atoms with Crippen LogP contribution < -0.4 is 5.73 Å². The molecule has 1 fully saturated rings. The van der Waals surface area contributed by atoms with Crippen LogP contribution in [0.25, 0.3) is 11.1 Å². The monoisotopic (exact) mass is 344 g/mol. The van der Waals surface area contributed by atoms with E-state index < -0.39 is 11.7 Å². The molecule has 0 aliphatic heterocycles. The molecule has 1 aliphatic carbocycles. The Bertz CT molecular complexity index is 812. The van der Waals surface area contributed by atoms with Gasteiger partial charge in [0.25, 0.3) is 0 Å². The van der Waals surface area contributed by atoms with Crippen LogP contribution in [0.15, 0.2) is 36.4 Å². The number of hydrogen-bond donors (Lipinski definition) is 4.